The van der Waals surface area contributed by atoms with Crippen molar-refractivity contribution in [2.75, 3.05) is 0 Å². The first-order valence-corrected chi connectivity index (χ1v) is 4.97. The van der Waals surface area contributed by atoms with Crippen LogP contribution in [-0.4, -0.2) is 6.04 Å². The SMILES string of the molecule is C[C@H](C1CCCCC1)[C@@H](C)N. The third-order valence-electron chi connectivity index (χ3n) is 3.22. The van der Waals surface area contributed by atoms with Gasteiger partial charge in [0.1, 0.15) is 0 Å². The van der Waals surface area contributed by atoms with E-state index in [1.807, 2.05) is 0 Å². The molecule has 0 saturated heterocycles. The average Bonchev–Trinajstić information content (AvgIpc) is 2.05. The van der Waals surface area contributed by atoms with Crippen molar-refractivity contribution < 1.29 is 0 Å². The molecule has 2 atom stereocenters. The third kappa shape index (κ3) is 2.48. The van der Waals surface area contributed by atoms with Crippen molar-refractivity contribution >= 4 is 0 Å². The maximum Gasteiger partial charge on any atom is 0.00387 e. The van der Waals surface area contributed by atoms with Crippen molar-refractivity contribution in [3.05, 3.63) is 0 Å². The van der Waals surface area contributed by atoms with E-state index in [4.69, 9.17) is 5.73 Å². The molecule has 0 aromatic heterocycles. The Morgan fingerprint density at radius 3 is 2.09 bits per heavy atom. The molecule has 1 saturated carbocycles. The Hall–Kier alpha value is -0.0400. The minimum Gasteiger partial charge on any atom is -0.328 e. The second kappa shape index (κ2) is 4.10. The topological polar surface area (TPSA) is 26.0 Å². The van der Waals surface area contributed by atoms with E-state index in [2.05, 4.69) is 13.8 Å². The van der Waals surface area contributed by atoms with E-state index in [1.165, 1.54) is 32.1 Å². The molecule has 0 aromatic carbocycles. The fraction of sp³-hybridized carbons (Fsp3) is 1.00. The molecule has 0 unspecified atom stereocenters. The standard InChI is InChI=1S/C10H21N/c1-8(9(2)11)10-6-4-3-5-7-10/h8-10H,3-7,11H2,1-2H3/t8-,9+/m0/s1. The molecular weight excluding hydrogens is 134 g/mol. The van der Waals surface area contributed by atoms with Crippen LogP contribution in [-0.2, 0) is 0 Å². The predicted molar refractivity (Wildman–Crippen MR) is 49.4 cm³/mol. The molecule has 2 N–H and O–H groups in total. The molecule has 0 aliphatic heterocycles. The molecule has 1 fully saturated rings. The molecule has 1 aliphatic carbocycles. The Morgan fingerprint density at radius 2 is 1.64 bits per heavy atom. The van der Waals surface area contributed by atoms with E-state index in [9.17, 15) is 0 Å². The van der Waals surface area contributed by atoms with Crippen LogP contribution in [0.1, 0.15) is 46.0 Å². The van der Waals surface area contributed by atoms with Gasteiger partial charge in [0.25, 0.3) is 0 Å². The van der Waals surface area contributed by atoms with Gasteiger partial charge in [-0.2, -0.15) is 0 Å². The van der Waals surface area contributed by atoms with Crippen LogP contribution in [0.4, 0.5) is 0 Å². The molecule has 0 bridgehead atoms. The summed E-state index contributed by atoms with van der Waals surface area (Å²) < 4.78 is 0. The first-order chi connectivity index (χ1) is 5.22. The molecule has 1 aliphatic rings. The number of nitrogens with two attached hydrogens (primary N) is 1. The number of rotatable bonds is 2. The summed E-state index contributed by atoms with van der Waals surface area (Å²) in [6, 6.07) is 0.387. The summed E-state index contributed by atoms with van der Waals surface area (Å²) in [5.41, 5.74) is 5.87. The largest absolute Gasteiger partial charge is 0.328 e. The van der Waals surface area contributed by atoms with Gasteiger partial charge in [0, 0.05) is 6.04 Å². The van der Waals surface area contributed by atoms with Gasteiger partial charge in [0.05, 0.1) is 0 Å². The van der Waals surface area contributed by atoms with Gasteiger partial charge in [0.15, 0.2) is 0 Å². The summed E-state index contributed by atoms with van der Waals surface area (Å²) in [7, 11) is 0. The monoisotopic (exact) mass is 155 g/mol. The molecule has 0 spiro atoms. The van der Waals surface area contributed by atoms with Crippen molar-refractivity contribution in [3.63, 3.8) is 0 Å². The summed E-state index contributed by atoms with van der Waals surface area (Å²) in [6.45, 7) is 4.44. The quantitative estimate of drug-likeness (QED) is 0.651. The lowest BCUT2D eigenvalue weighted by Crippen LogP contribution is -2.31. The predicted octanol–water partition coefficient (Wildman–Crippen LogP) is 2.55. The van der Waals surface area contributed by atoms with Gasteiger partial charge in [-0.1, -0.05) is 39.0 Å². The zero-order chi connectivity index (χ0) is 8.27. The maximum absolute atomic E-state index is 5.87. The maximum atomic E-state index is 5.87. The second-order valence-corrected chi connectivity index (χ2v) is 4.12. The van der Waals surface area contributed by atoms with Crippen LogP contribution in [0.15, 0.2) is 0 Å². The molecule has 66 valence electrons. The highest BCUT2D eigenvalue weighted by molar-refractivity contribution is 4.75. The average molecular weight is 155 g/mol. The van der Waals surface area contributed by atoms with Crippen molar-refractivity contribution in [2.24, 2.45) is 17.6 Å². The van der Waals surface area contributed by atoms with E-state index >= 15 is 0 Å². The fourth-order valence-corrected chi connectivity index (χ4v) is 2.09. The van der Waals surface area contributed by atoms with Crippen LogP contribution in [0.3, 0.4) is 0 Å². The van der Waals surface area contributed by atoms with Crippen LogP contribution in [0.5, 0.6) is 0 Å². The first kappa shape index (κ1) is 9.05. The zero-order valence-corrected chi connectivity index (χ0v) is 7.84. The highest BCUT2D eigenvalue weighted by Crippen LogP contribution is 2.30. The van der Waals surface area contributed by atoms with Gasteiger partial charge in [-0.15, -0.1) is 0 Å². The van der Waals surface area contributed by atoms with E-state index < -0.39 is 0 Å². The van der Waals surface area contributed by atoms with Crippen LogP contribution >= 0.6 is 0 Å². The smallest absolute Gasteiger partial charge is 0.00387 e. The molecular formula is C10H21N. The highest BCUT2D eigenvalue weighted by atomic mass is 14.6. The molecule has 1 rings (SSSR count). The lowest BCUT2D eigenvalue weighted by atomic mass is 9.78. The molecule has 1 heteroatoms. The minimum absolute atomic E-state index is 0.387. The van der Waals surface area contributed by atoms with Crippen molar-refractivity contribution in [2.45, 2.75) is 52.0 Å². The lowest BCUT2D eigenvalue weighted by Gasteiger charge is -2.29. The molecule has 0 aromatic rings. The Kier molecular flexibility index (Phi) is 3.38. The Labute approximate surface area is 70.4 Å². The van der Waals surface area contributed by atoms with E-state index in [0.717, 1.165) is 11.8 Å². The van der Waals surface area contributed by atoms with Crippen LogP contribution in [0.25, 0.3) is 0 Å². The Balaban J connectivity index is 2.32. The highest BCUT2D eigenvalue weighted by Gasteiger charge is 2.21. The lowest BCUT2D eigenvalue weighted by molar-refractivity contribution is 0.239. The normalized spacial score (nSPS) is 26.5. The van der Waals surface area contributed by atoms with Gasteiger partial charge in [-0.25, -0.2) is 0 Å². The van der Waals surface area contributed by atoms with Gasteiger partial charge in [-0.3, -0.25) is 0 Å². The van der Waals surface area contributed by atoms with E-state index in [-0.39, 0.29) is 0 Å². The second-order valence-electron chi connectivity index (χ2n) is 4.12. The number of hydrogen-bond acceptors (Lipinski definition) is 1. The van der Waals surface area contributed by atoms with E-state index in [1.54, 1.807) is 0 Å². The fourth-order valence-electron chi connectivity index (χ4n) is 2.09. The molecule has 0 amide bonds. The Bertz CT molecular complexity index is 103. The third-order valence-corrected chi connectivity index (χ3v) is 3.22. The molecule has 11 heavy (non-hydrogen) atoms. The summed E-state index contributed by atoms with van der Waals surface area (Å²) in [5.74, 6) is 1.65. The van der Waals surface area contributed by atoms with Gasteiger partial charge < -0.3 is 5.73 Å². The summed E-state index contributed by atoms with van der Waals surface area (Å²) in [6.07, 6.45) is 7.15. The summed E-state index contributed by atoms with van der Waals surface area (Å²) in [4.78, 5) is 0. The zero-order valence-electron chi connectivity index (χ0n) is 7.84. The van der Waals surface area contributed by atoms with Gasteiger partial charge >= 0.3 is 0 Å². The summed E-state index contributed by atoms with van der Waals surface area (Å²) in [5, 5.41) is 0. The minimum atomic E-state index is 0.387. The van der Waals surface area contributed by atoms with E-state index in [0.29, 0.717) is 6.04 Å². The van der Waals surface area contributed by atoms with Crippen LogP contribution in [0.2, 0.25) is 0 Å². The molecule has 0 radical (unpaired) electrons. The van der Waals surface area contributed by atoms with Crippen molar-refractivity contribution in [3.8, 4) is 0 Å². The van der Waals surface area contributed by atoms with Crippen LogP contribution in [0, 0.1) is 11.8 Å². The van der Waals surface area contributed by atoms with Crippen LogP contribution < -0.4 is 5.73 Å². The molecule has 1 nitrogen and oxygen atoms in total. The van der Waals surface area contributed by atoms with Crippen molar-refractivity contribution in [1.82, 2.24) is 0 Å². The first-order valence-electron chi connectivity index (χ1n) is 4.97. The van der Waals surface area contributed by atoms with Gasteiger partial charge in [-0.05, 0) is 18.8 Å². The number of hydrogen-bond donors (Lipinski definition) is 1. The molecule has 0 heterocycles. The van der Waals surface area contributed by atoms with Crippen molar-refractivity contribution in [1.29, 1.82) is 0 Å². The Morgan fingerprint density at radius 1 is 1.09 bits per heavy atom. The van der Waals surface area contributed by atoms with Gasteiger partial charge in [0.2, 0.25) is 0 Å². The summed E-state index contributed by atoms with van der Waals surface area (Å²) >= 11 is 0.